The lowest BCUT2D eigenvalue weighted by Crippen LogP contribution is -2.43. The maximum absolute atomic E-state index is 12.8. The quantitative estimate of drug-likeness (QED) is 0.804. The third-order valence-corrected chi connectivity index (χ3v) is 4.87. The van der Waals surface area contributed by atoms with Crippen LogP contribution in [0, 0.1) is 0 Å². The molecule has 6 nitrogen and oxygen atoms in total. The minimum Gasteiger partial charge on any atom is -0.372 e. The first-order chi connectivity index (χ1) is 11.8. The van der Waals surface area contributed by atoms with Crippen molar-refractivity contribution in [2.24, 2.45) is 0 Å². The molecule has 0 bridgehead atoms. The zero-order valence-corrected chi connectivity index (χ0v) is 14.7. The molecule has 0 spiro atoms. The van der Waals surface area contributed by atoms with E-state index in [-0.39, 0.29) is 12.0 Å². The molecule has 24 heavy (non-hydrogen) atoms. The highest BCUT2D eigenvalue weighted by atomic mass is 32.1. The van der Waals surface area contributed by atoms with Crippen LogP contribution in [0.15, 0.2) is 24.5 Å². The molecule has 1 atom stereocenters. The Bertz CT molecular complexity index is 662. The number of carbonyl (C=O) groups is 1. The number of pyridine rings is 1. The summed E-state index contributed by atoms with van der Waals surface area (Å²) in [6, 6.07) is 3.90. The van der Waals surface area contributed by atoms with Crippen molar-refractivity contribution < 1.29 is 9.53 Å². The maximum atomic E-state index is 12.8. The van der Waals surface area contributed by atoms with Gasteiger partial charge in [0.25, 0.3) is 5.91 Å². The standard InChI is InChI=1S/C17H22N4O2S/c1-2-5-15-16(24-20-19-15)17(22)21-9-4-7-14(11-21)23-12-13-6-3-8-18-10-13/h3,6,8,10,14H,2,4-5,7,9,11-12H2,1H3/t14-/m1/s1. The number of amides is 1. The van der Waals surface area contributed by atoms with Gasteiger partial charge in [-0.2, -0.15) is 0 Å². The topological polar surface area (TPSA) is 68.2 Å². The summed E-state index contributed by atoms with van der Waals surface area (Å²) in [5.41, 5.74) is 1.88. The average Bonchev–Trinajstić information content (AvgIpc) is 3.09. The zero-order chi connectivity index (χ0) is 16.8. The largest absolute Gasteiger partial charge is 0.372 e. The molecule has 0 aromatic carbocycles. The molecule has 128 valence electrons. The normalized spacial score (nSPS) is 17.9. The van der Waals surface area contributed by atoms with Crippen LogP contribution < -0.4 is 0 Å². The molecular formula is C17H22N4O2S. The van der Waals surface area contributed by atoms with Gasteiger partial charge in [0.15, 0.2) is 0 Å². The molecule has 0 aliphatic carbocycles. The Hall–Kier alpha value is -1.86. The zero-order valence-electron chi connectivity index (χ0n) is 13.9. The van der Waals surface area contributed by atoms with Gasteiger partial charge in [0, 0.05) is 25.5 Å². The van der Waals surface area contributed by atoms with E-state index in [2.05, 4.69) is 21.5 Å². The summed E-state index contributed by atoms with van der Waals surface area (Å²) in [6.45, 7) is 4.01. The monoisotopic (exact) mass is 346 g/mol. The molecule has 0 saturated carbocycles. The van der Waals surface area contributed by atoms with Crippen LogP contribution in [-0.4, -0.2) is 44.6 Å². The number of aryl methyl sites for hydroxylation is 1. The van der Waals surface area contributed by atoms with Crippen LogP contribution in [0.1, 0.15) is 47.1 Å². The molecule has 1 fully saturated rings. The molecule has 3 rings (SSSR count). The van der Waals surface area contributed by atoms with Gasteiger partial charge in [0.1, 0.15) is 4.88 Å². The summed E-state index contributed by atoms with van der Waals surface area (Å²) in [5.74, 6) is 0.0446. The second-order valence-corrected chi connectivity index (χ2v) is 6.74. The number of nitrogens with zero attached hydrogens (tertiary/aromatic N) is 4. The van der Waals surface area contributed by atoms with E-state index < -0.39 is 0 Å². The summed E-state index contributed by atoms with van der Waals surface area (Å²) in [4.78, 5) is 19.4. The molecule has 7 heteroatoms. The fourth-order valence-corrected chi connectivity index (χ4v) is 3.55. The molecule has 1 aliphatic heterocycles. The van der Waals surface area contributed by atoms with Gasteiger partial charge in [0.2, 0.25) is 0 Å². The van der Waals surface area contributed by atoms with E-state index in [9.17, 15) is 4.79 Å². The molecule has 2 aromatic rings. The minimum absolute atomic E-state index is 0.0446. The van der Waals surface area contributed by atoms with Crippen molar-refractivity contribution in [3.8, 4) is 0 Å². The van der Waals surface area contributed by atoms with Gasteiger partial charge in [-0.05, 0) is 42.4 Å². The fraction of sp³-hybridized carbons (Fsp3) is 0.529. The first-order valence-electron chi connectivity index (χ1n) is 8.39. The molecule has 2 aromatic heterocycles. The van der Waals surface area contributed by atoms with Gasteiger partial charge in [-0.1, -0.05) is 23.9 Å². The lowest BCUT2D eigenvalue weighted by Gasteiger charge is -2.32. The van der Waals surface area contributed by atoms with E-state index in [1.165, 1.54) is 11.5 Å². The lowest BCUT2D eigenvalue weighted by molar-refractivity contribution is -0.00671. The summed E-state index contributed by atoms with van der Waals surface area (Å²) in [5, 5.41) is 4.10. The van der Waals surface area contributed by atoms with Crippen LogP contribution in [-0.2, 0) is 17.8 Å². The highest BCUT2D eigenvalue weighted by molar-refractivity contribution is 7.08. The van der Waals surface area contributed by atoms with Crippen LogP contribution in [0.5, 0.6) is 0 Å². The number of ether oxygens (including phenoxy) is 1. The van der Waals surface area contributed by atoms with Crippen LogP contribution in [0.3, 0.4) is 0 Å². The van der Waals surface area contributed by atoms with Crippen molar-refractivity contribution in [2.75, 3.05) is 13.1 Å². The van der Waals surface area contributed by atoms with Crippen LogP contribution in [0.2, 0.25) is 0 Å². The second-order valence-electron chi connectivity index (χ2n) is 5.99. The van der Waals surface area contributed by atoms with Crippen LogP contribution in [0.25, 0.3) is 0 Å². The Balaban J connectivity index is 1.58. The molecule has 0 unspecified atom stereocenters. The first-order valence-corrected chi connectivity index (χ1v) is 9.16. The third kappa shape index (κ3) is 4.15. The molecule has 1 saturated heterocycles. The molecule has 0 N–H and O–H groups in total. The Morgan fingerprint density at radius 3 is 3.21 bits per heavy atom. The van der Waals surface area contributed by atoms with Crippen molar-refractivity contribution in [1.29, 1.82) is 0 Å². The summed E-state index contributed by atoms with van der Waals surface area (Å²) in [7, 11) is 0. The third-order valence-electron chi connectivity index (χ3n) is 4.11. The number of aromatic nitrogens is 3. The van der Waals surface area contributed by atoms with Gasteiger partial charge >= 0.3 is 0 Å². The molecule has 3 heterocycles. The van der Waals surface area contributed by atoms with Gasteiger partial charge in [-0.3, -0.25) is 9.78 Å². The van der Waals surface area contributed by atoms with Crippen molar-refractivity contribution in [2.45, 2.75) is 45.3 Å². The maximum Gasteiger partial charge on any atom is 0.267 e. The number of hydrogen-bond donors (Lipinski definition) is 0. The van der Waals surface area contributed by atoms with Crippen molar-refractivity contribution in [3.63, 3.8) is 0 Å². The summed E-state index contributed by atoms with van der Waals surface area (Å²) < 4.78 is 9.94. The highest BCUT2D eigenvalue weighted by Crippen LogP contribution is 2.20. The van der Waals surface area contributed by atoms with Crippen LogP contribution in [0.4, 0.5) is 0 Å². The molecule has 0 radical (unpaired) electrons. The predicted molar refractivity (Wildman–Crippen MR) is 91.9 cm³/mol. The number of piperidine rings is 1. The van der Waals surface area contributed by atoms with E-state index in [0.29, 0.717) is 18.0 Å². The second kappa shape index (κ2) is 8.30. The van der Waals surface area contributed by atoms with Gasteiger partial charge in [-0.15, -0.1) is 5.10 Å². The highest BCUT2D eigenvalue weighted by Gasteiger charge is 2.27. The van der Waals surface area contributed by atoms with Gasteiger partial charge in [-0.25, -0.2) is 0 Å². The lowest BCUT2D eigenvalue weighted by atomic mass is 10.1. The van der Waals surface area contributed by atoms with E-state index in [1.54, 1.807) is 6.20 Å². The van der Waals surface area contributed by atoms with E-state index in [4.69, 9.17) is 4.74 Å². The Labute approximate surface area is 146 Å². The Morgan fingerprint density at radius 2 is 2.42 bits per heavy atom. The van der Waals surface area contributed by atoms with Crippen LogP contribution >= 0.6 is 11.5 Å². The van der Waals surface area contributed by atoms with E-state index >= 15 is 0 Å². The minimum atomic E-state index is 0.0446. The number of hydrogen-bond acceptors (Lipinski definition) is 6. The number of likely N-dealkylation sites (tertiary alicyclic amines) is 1. The predicted octanol–water partition coefficient (Wildman–Crippen LogP) is 2.71. The van der Waals surface area contributed by atoms with Gasteiger partial charge < -0.3 is 9.64 Å². The first kappa shape index (κ1) is 17.0. The van der Waals surface area contributed by atoms with Gasteiger partial charge in [0.05, 0.1) is 18.4 Å². The summed E-state index contributed by atoms with van der Waals surface area (Å²) in [6.07, 6.45) is 7.33. The fourth-order valence-electron chi connectivity index (χ4n) is 2.87. The Morgan fingerprint density at radius 1 is 1.50 bits per heavy atom. The number of rotatable bonds is 6. The van der Waals surface area contributed by atoms with Crippen molar-refractivity contribution >= 4 is 17.4 Å². The number of carbonyl (C=O) groups excluding carboxylic acids is 1. The molecule has 1 amide bonds. The van der Waals surface area contributed by atoms with Crippen molar-refractivity contribution in [3.05, 3.63) is 40.7 Å². The molecule has 1 aliphatic rings. The molecular weight excluding hydrogens is 324 g/mol. The Kier molecular flexibility index (Phi) is 5.87. The van der Waals surface area contributed by atoms with Crippen molar-refractivity contribution in [1.82, 2.24) is 19.5 Å². The summed E-state index contributed by atoms with van der Waals surface area (Å²) >= 11 is 1.20. The smallest absolute Gasteiger partial charge is 0.267 e. The SMILES string of the molecule is CCCc1nnsc1C(=O)N1CCC[C@@H](OCc2cccnc2)C1. The van der Waals surface area contributed by atoms with E-state index in [0.717, 1.165) is 43.5 Å². The van der Waals surface area contributed by atoms with E-state index in [1.807, 2.05) is 23.2 Å². The average molecular weight is 346 g/mol.